The van der Waals surface area contributed by atoms with Crippen LogP contribution in [0.15, 0.2) is 6.20 Å². The number of aliphatic hydroxyl groups is 1. The van der Waals surface area contributed by atoms with Crippen LogP contribution in [0.1, 0.15) is 56.8 Å². The van der Waals surface area contributed by atoms with Crippen LogP contribution in [0.5, 0.6) is 0 Å². The standard InChI is InChI=1S/C15H25N5O2/c1-9(2)18-14-17-8-11(12(16)21)13(20-14)19-10-5-4-6-15(3,22)7-10/h8-10,22H,4-7H2,1-3H3,(H2,16,21)(H2,17,18,19,20)/t10-,15?/m1/s1. The monoisotopic (exact) mass is 307 g/mol. The molecular weight excluding hydrogens is 282 g/mol. The molecule has 1 heterocycles. The van der Waals surface area contributed by atoms with E-state index in [4.69, 9.17) is 5.73 Å². The second-order valence-corrected chi connectivity index (χ2v) is 6.55. The lowest BCUT2D eigenvalue weighted by Gasteiger charge is -2.34. The number of nitrogens with two attached hydrogens (primary N) is 1. The van der Waals surface area contributed by atoms with E-state index in [-0.39, 0.29) is 17.6 Å². The normalized spacial score (nSPS) is 25.0. The number of rotatable bonds is 5. The van der Waals surface area contributed by atoms with Crippen molar-refractivity contribution in [1.29, 1.82) is 0 Å². The summed E-state index contributed by atoms with van der Waals surface area (Å²) in [7, 11) is 0. The van der Waals surface area contributed by atoms with Crippen LogP contribution in [0.4, 0.5) is 11.8 Å². The van der Waals surface area contributed by atoms with Gasteiger partial charge in [-0.1, -0.05) is 0 Å². The molecule has 7 nitrogen and oxygen atoms in total. The predicted molar refractivity (Wildman–Crippen MR) is 85.8 cm³/mol. The number of nitrogens with one attached hydrogen (secondary N) is 2. The fourth-order valence-electron chi connectivity index (χ4n) is 2.78. The molecule has 0 spiro atoms. The van der Waals surface area contributed by atoms with Crippen molar-refractivity contribution in [2.75, 3.05) is 10.6 Å². The Bertz CT molecular complexity index is 545. The van der Waals surface area contributed by atoms with E-state index < -0.39 is 11.5 Å². The molecule has 1 fully saturated rings. The minimum absolute atomic E-state index is 0.0589. The highest BCUT2D eigenvalue weighted by Crippen LogP contribution is 2.30. The third-order valence-corrected chi connectivity index (χ3v) is 3.77. The van der Waals surface area contributed by atoms with E-state index >= 15 is 0 Å². The average Bonchev–Trinajstić information content (AvgIpc) is 2.36. The zero-order chi connectivity index (χ0) is 16.3. The summed E-state index contributed by atoms with van der Waals surface area (Å²) in [4.78, 5) is 20.0. The van der Waals surface area contributed by atoms with Gasteiger partial charge in [-0.2, -0.15) is 4.98 Å². The number of carbonyl (C=O) groups is 1. The molecule has 2 rings (SSSR count). The van der Waals surface area contributed by atoms with Crippen LogP contribution in [0.2, 0.25) is 0 Å². The fourth-order valence-corrected chi connectivity index (χ4v) is 2.78. The molecule has 0 radical (unpaired) electrons. The predicted octanol–water partition coefficient (Wildman–Crippen LogP) is 1.50. The third-order valence-electron chi connectivity index (χ3n) is 3.77. The molecule has 122 valence electrons. The molecule has 1 aromatic rings. The molecular formula is C15H25N5O2. The summed E-state index contributed by atoms with van der Waals surface area (Å²) in [6.07, 6.45) is 4.69. The van der Waals surface area contributed by atoms with Gasteiger partial charge in [-0.15, -0.1) is 0 Å². The largest absolute Gasteiger partial charge is 0.390 e. The van der Waals surface area contributed by atoms with Crippen molar-refractivity contribution in [1.82, 2.24) is 9.97 Å². The molecule has 0 aliphatic heterocycles. The highest BCUT2D eigenvalue weighted by Gasteiger charge is 2.30. The van der Waals surface area contributed by atoms with Crippen molar-refractivity contribution in [2.45, 2.75) is 64.1 Å². The first-order chi connectivity index (χ1) is 10.3. The van der Waals surface area contributed by atoms with Gasteiger partial charge in [-0.3, -0.25) is 4.79 Å². The van der Waals surface area contributed by atoms with E-state index in [1.54, 1.807) is 0 Å². The van der Waals surface area contributed by atoms with Crippen LogP contribution >= 0.6 is 0 Å². The first-order valence-corrected chi connectivity index (χ1v) is 7.69. The van der Waals surface area contributed by atoms with Crippen LogP contribution in [0.3, 0.4) is 0 Å². The van der Waals surface area contributed by atoms with Gasteiger partial charge in [0.25, 0.3) is 5.91 Å². The number of anilines is 2. The summed E-state index contributed by atoms with van der Waals surface area (Å²) in [5.41, 5.74) is 4.97. The number of hydrogen-bond donors (Lipinski definition) is 4. The summed E-state index contributed by atoms with van der Waals surface area (Å²) in [6.45, 7) is 5.80. The number of hydrogen-bond acceptors (Lipinski definition) is 6. The molecule has 1 aliphatic rings. The molecule has 7 heteroatoms. The molecule has 5 N–H and O–H groups in total. The Labute approximate surface area is 130 Å². The van der Waals surface area contributed by atoms with Crippen LogP contribution in [0, 0.1) is 0 Å². The van der Waals surface area contributed by atoms with Crippen LogP contribution in [-0.2, 0) is 0 Å². The van der Waals surface area contributed by atoms with Crippen LogP contribution in [0.25, 0.3) is 0 Å². The molecule has 1 aromatic heterocycles. The zero-order valence-electron chi connectivity index (χ0n) is 13.4. The molecule has 22 heavy (non-hydrogen) atoms. The number of amides is 1. The summed E-state index contributed by atoms with van der Waals surface area (Å²) in [5.74, 6) is 0.305. The molecule has 1 aliphatic carbocycles. The molecule has 1 amide bonds. The lowest BCUT2D eigenvalue weighted by atomic mass is 9.83. The minimum Gasteiger partial charge on any atom is -0.390 e. The Balaban J connectivity index is 2.21. The van der Waals surface area contributed by atoms with Crippen molar-refractivity contribution in [3.8, 4) is 0 Å². The molecule has 0 saturated heterocycles. The van der Waals surface area contributed by atoms with E-state index in [0.29, 0.717) is 18.2 Å². The van der Waals surface area contributed by atoms with Crippen LogP contribution < -0.4 is 16.4 Å². The second-order valence-electron chi connectivity index (χ2n) is 6.55. The molecule has 2 atom stereocenters. The van der Waals surface area contributed by atoms with Gasteiger partial charge in [0.05, 0.1) is 11.2 Å². The molecule has 1 unspecified atom stereocenters. The van der Waals surface area contributed by atoms with Gasteiger partial charge in [-0.25, -0.2) is 4.98 Å². The number of aromatic nitrogens is 2. The van der Waals surface area contributed by atoms with E-state index in [2.05, 4.69) is 20.6 Å². The Morgan fingerprint density at radius 1 is 1.55 bits per heavy atom. The number of nitrogens with zero attached hydrogens (tertiary/aromatic N) is 2. The summed E-state index contributed by atoms with van der Waals surface area (Å²) in [6, 6.07) is 0.242. The number of carbonyl (C=O) groups excluding carboxylic acids is 1. The van der Waals surface area contributed by atoms with Gasteiger partial charge in [-0.05, 0) is 46.5 Å². The molecule has 0 aromatic carbocycles. The molecule has 0 bridgehead atoms. The van der Waals surface area contributed by atoms with Crippen molar-refractivity contribution < 1.29 is 9.90 Å². The maximum Gasteiger partial charge on any atom is 0.254 e. The third kappa shape index (κ3) is 4.30. The Kier molecular flexibility index (Phi) is 4.85. The lowest BCUT2D eigenvalue weighted by molar-refractivity contribution is 0.0182. The topological polar surface area (TPSA) is 113 Å². The van der Waals surface area contributed by atoms with E-state index in [9.17, 15) is 9.90 Å². The Morgan fingerprint density at radius 2 is 2.27 bits per heavy atom. The van der Waals surface area contributed by atoms with Crippen molar-refractivity contribution >= 4 is 17.7 Å². The van der Waals surface area contributed by atoms with E-state index in [1.165, 1.54) is 6.20 Å². The van der Waals surface area contributed by atoms with Crippen LogP contribution in [-0.4, -0.2) is 38.7 Å². The average molecular weight is 307 g/mol. The van der Waals surface area contributed by atoms with Gasteiger partial charge >= 0.3 is 0 Å². The first kappa shape index (κ1) is 16.5. The first-order valence-electron chi connectivity index (χ1n) is 7.69. The minimum atomic E-state index is -0.686. The van der Waals surface area contributed by atoms with Gasteiger partial charge in [0.1, 0.15) is 5.82 Å². The lowest BCUT2D eigenvalue weighted by Crippen LogP contribution is -2.38. The second kappa shape index (κ2) is 6.48. The summed E-state index contributed by atoms with van der Waals surface area (Å²) < 4.78 is 0. The maximum absolute atomic E-state index is 11.6. The SMILES string of the molecule is CC(C)Nc1ncc(C(N)=O)c(N[C@@H]2CCCC(C)(O)C2)n1. The smallest absolute Gasteiger partial charge is 0.254 e. The highest BCUT2D eigenvalue weighted by molar-refractivity contribution is 5.97. The summed E-state index contributed by atoms with van der Waals surface area (Å²) in [5, 5.41) is 16.5. The van der Waals surface area contributed by atoms with Gasteiger partial charge in [0, 0.05) is 18.3 Å². The highest BCUT2D eigenvalue weighted by atomic mass is 16.3. The van der Waals surface area contributed by atoms with Crippen molar-refractivity contribution in [3.05, 3.63) is 11.8 Å². The van der Waals surface area contributed by atoms with Gasteiger partial charge in [0.15, 0.2) is 0 Å². The number of primary amides is 1. The maximum atomic E-state index is 11.6. The molecule has 1 saturated carbocycles. The van der Waals surface area contributed by atoms with Gasteiger partial charge in [0.2, 0.25) is 5.95 Å². The van der Waals surface area contributed by atoms with E-state index in [0.717, 1.165) is 19.3 Å². The van der Waals surface area contributed by atoms with Gasteiger partial charge < -0.3 is 21.5 Å². The van der Waals surface area contributed by atoms with Crippen molar-refractivity contribution in [2.24, 2.45) is 5.73 Å². The Morgan fingerprint density at radius 3 is 2.86 bits per heavy atom. The quantitative estimate of drug-likeness (QED) is 0.655. The zero-order valence-corrected chi connectivity index (χ0v) is 13.4. The van der Waals surface area contributed by atoms with Crippen molar-refractivity contribution in [3.63, 3.8) is 0 Å². The fraction of sp³-hybridized carbons (Fsp3) is 0.667. The Hall–Kier alpha value is -1.89. The summed E-state index contributed by atoms with van der Waals surface area (Å²) >= 11 is 0. The van der Waals surface area contributed by atoms with E-state index in [1.807, 2.05) is 20.8 Å².